The molecule has 1 N–H and O–H groups in total. The highest BCUT2D eigenvalue weighted by molar-refractivity contribution is 9.10. The molecule has 0 unspecified atom stereocenters. The number of aromatic nitrogens is 1. The minimum Gasteiger partial charge on any atom is -0.392 e. The number of nitrogens with zero attached hydrogens (tertiary/aromatic N) is 1. The lowest BCUT2D eigenvalue weighted by molar-refractivity contribution is 0.281. The van der Waals surface area contributed by atoms with Gasteiger partial charge < -0.3 is 5.11 Å². The van der Waals surface area contributed by atoms with E-state index in [-0.39, 0.29) is 6.61 Å². The number of hydrogen-bond donors (Lipinski definition) is 1. The highest BCUT2D eigenvalue weighted by atomic mass is 79.9. The molecule has 1 heterocycles. The van der Waals surface area contributed by atoms with Crippen molar-refractivity contribution in [2.45, 2.75) is 15.8 Å². The van der Waals surface area contributed by atoms with Crippen LogP contribution in [0.25, 0.3) is 10.2 Å². The number of halogens is 1. The van der Waals surface area contributed by atoms with Crippen molar-refractivity contribution >= 4 is 49.2 Å². The first-order chi connectivity index (χ1) is 9.26. The standard InChI is InChI=1S/C14H10BrNOS2/c15-10-7-9(8-17)5-6-12(10)18-14-16-11-3-1-2-4-13(11)19-14/h1-7,17H,8H2. The Kier molecular flexibility index (Phi) is 3.88. The average molecular weight is 352 g/mol. The van der Waals surface area contributed by atoms with Crippen molar-refractivity contribution < 1.29 is 5.11 Å². The summed E-state index contributed by atoms with van der Waals surface area (Å²) in [7, 11) is 0. The molecule has 1 aromatic heterocycles. The molecule has 19 heavy (non-hydrogen) atoms. The van der Waals surface area contributed by atoms with E-state index in [9.17, 15) is 0 Å². The Bertz CT molecular complexity index is 693. The van der Waals surface area contributed by atoms with Gasteiger partial charge in [-0.3, -0.25) is 0 Å². The van der Waals surface area contributed by atoms with E-state index in [2.05, 4.69) is 27.0 Å². The number of para-hydroxylation sites is 1. The van der Waals surface area contributed by atoms with Crippen LogP contribution in [-0.2, 0) is 6.61 Å². The molecule has 0 radical (unpaired) electrons. The Morgan fingerprint density at radius 3 is 2.79 bits per heavy atom. The summed E-state index contributed by atoms with van der Waals surface area (Å²) in [5.41, 5.74) is 1.94. The van der Waals surface area contributed by atoms with Gasteiger partial charge in [0.05, 0.1) is 16.8 Å². The summed E-state index contributed by atoms with van der Waals surface area (Å²) in [5.74, 6) is 0. The Morgan fingerprint density at radius 2 is 2.05 bits per heavy atom. The Morgan fingerprint density at radius 1 is 1.21 bits per heavy atom. The highest BCUT2D eigenvalue weighted by Gasteiger charge is 2.08. The van der Waals surface area contributed by atoms with E-state index >= 15 is 0 Å². The van der Waals surface area contributed by atoms with Crippen LogP contribution in [-0.4, -0.2) is 10.1 Å². The number of rotatable bonds is 3. The quantitative estimate of drug-likeness (QED) is 0.742. The van der Waals surface area contributed by atoms with Gasteiger partial charge in [0.2, 0.25) is 0 Å². The largest absolute Gasteiger partial charge is 0.392 e. The summed E-state index contributed by atoms with van der Waals surface area (Å²) in [4.78, 5) is 5.71. The Labute approximate surface area is 127 Å². The van der Waals surface area contributed by atoms with E-state index in [0.29, 0.717) is 0 Å². The van der Waals surface area contributed by atoms with Crippen molar-refractivity contribution in [2.24, 2.45) is 0 Å². The molecule has 0 atom stereocenters. The monoisotopic (exact) mass is 351 g/mol. The van der Waals surface area contributed by atoms with Crippen LogP contribution < -0.4 is 0 Å². The van der Waals surface area contributed by atoms with Gasteiger partial charge in [0.1, 0.15) is 0 Å². The van der Waals surface area contributed by atoms with Gasteiger partial charge in [-0.15, -0.1) is 11.3 Å². The average Bonchev–Trinajstić information content (AvgIpc) is 2.83. The maximum atomic E-state index is 9.10. The van der Waals surface area contributed by atoms with Crippen LogP contribution in [0.5, 0.6) is 0 Å². The summed E-state index contributed by atoms with van der Waals surface area (Å²) in [6.45, 7) is 0.0602. The fourth-order valence-corrected chi connectivity index (χ4v) is 4.41. The van der Waals surface area contributed by atoms with Crippen molar-refractivity contribution in [3.8, 4) is 0 Å². The van der Waals surface area contributed by atoms with Crippen molar-refractivity contribution in [2.75, 3.05) is 0 Å². The highest BCUT2D eigenvalue weighted by Crippen LogP contribution is 2.37. The van der Waals surface area contributed by atoms with E-state index in [1.165, 1.54) is 4.70 Å². The zero-order valence-corrected chi connectivity index (χ0v) is 13.1. The fraction of sp³-hybridized carbons (Fsp3) is 0.0714. The van der Waals surface area contributed by atoms with Crippen molar-refractivity contribution in [3.63, 3.8) is 0 Å². The topological polar surface area (TPSA) is 33.1 Å². The van der Waals surface area contributed by atoms with E-state index in [4.69, 9.17) is 5.11 Å². The normalized spacial score (nSPS) is 11.1. The molecule has 0 fully saturated rings. The second kappa shape index (κ2) is 5.63. The zero-order valence-electron chi connectivity index (χ0n) is 9.84. The van der Waals surface area contributed by atoms with Gasteiger partial charge >= 0.3 is 0 Å². The summed E-state index contributed by atoms with van der Waals surface area (Å²) in [5, 5.41) is 9.10. The molecule has 2 nitrogen and oxygen atoms in total. The lowest BCUT2D eigenvalue weighted by Gasteiger charge is -2.03. The van der Waals surface area contributed by atoms with Gasteiger partial charge in [0, 0.05) is 9.37 Å². The van der Waals surface area contributed by atoms with Gasteiger partial charge in [-0.2, -0.15) is 0 Å². The predicted octanol–water partition coefficient (Wildman–Crippen LogP) is 4.70. The smallest absolute Gasteiger partial charge is 0.155 e. The molecule has 3 rings (SSSR count). The summed E-state index contributed by atoms with van der Waals surface area (Å²) in [6.07, 6.45) is 0. The van der Waals surface area contributed by atoms with Crippen LogP contribution >= 0.6 is 39.0 Å². The van der Waals surface area contributed by atoms with Crippen LogP contribution in [0, 0.1) is 0 Å². The van der Waals surface area contributed by atoms with Crippen LogP contribution in [0.4, 0.5) is 0 Å². The molecule has 0 aliphatic carbocycles. The third kappa shape index (κ3) is 2.84. The fourth-order valence-electron chi connectivity index (χ4n) is 1.71. The lowest BCUT2D eigenvalue weighted by Crippen LogP contribution is -1.83. The second-order valence-corrected chi connectivity index (χ2v) is 7.15. The lowest BCUT2D eigenvalue weighted by atomic mass is 10.2. The first-order valence-electron chi connectivity index (χ1n) is 5.69. The maximum absolute atomic E-state index is 9.10. The van der Waals surface area contributed by atoms with Crippen LogP contribution in [0.3, 0.4) is 0 Å². The van der Waals surface area contributed by atoms with Gasteiger partial charge in [0.15, 0.2) is 4.34 Å². The van der Waals surface area contributed by atoms with E-state index in [1.54, 1.807) is 23.1 Å². The zero-order chi connectivity index (χ0) is 13.2. The molecule has 0 aliphatic rings. The van der Waals surface area contributed by atoms with E-state index in [1.807, 2.05) is 36.4 Å². The minimum absolute atomic E-state index is 0.0602. The molecule has 3 aromatic rings. The van der Waals surface area contributed by atoms with Gasteiger partial charge in [-0.25, -0.2) is 4.98 Å². The number of hydrogen-bond acceptors (Lipinski definition) is 4. The second-order valence-electron chi connectivity index (χ2n) is 3.97. The number of aliphatic hydroxyl groups excluding tert-OH is 1. The number of benzene rings is 2. The van der Waals surface area contributed by atoms with Crippen LogP contribution in [0.1, 0.15) is 5.56 Å². The first kappa shape index (κ1) is 13.1. The van der Waals surface area contributed by atoms with Crippen molar-refractivity contribution in [3.05, 3.63) is 52.5 Å². The molecule has 96 valence electrons. The van der Waals surface area contributed by atoms with Crippen molar-refractivity contribution in [1.29, 1.82) is 0 Å². The summed E-state index contributed by atoms with van der Waals surface area (Å²) >= 11 is 6.86. The van der Waals surface area contributed by atoms with Gasteiger partial charge in [-0.05, 0) is 45.8 Å². The Balaban J connectivity index is 1.92. The minimum atomic E-state index is 0.0602. The summed E-state index contributed by atoms with van der Waals surface area (Å²) < 4.78 is 3.22. The molecule has 0 amide bonds. The third-order valence-corrected chi connectivity index (χ3v) is 5.74. The van der Waals surface area contributed by atoms with Gasteiger partial charge in [0.25, 0.3) is 0 Å². The Hall–Kier alpha value is -0.880. The first-order valence-corrected chi connectivity index (χ1v) is 8.11. The number of fused-ring (bicyclic) bond motifs is 1. The van der Waals surface area contributed by atoms with Gasteiger partial charge in [-0.1, -0.05) is 30.0 Å². The third-order valence-electron chi connectivity index (χ3n) is 2.65. The molecule has 0 bridgehead atoms. The molecule has 0 saturated heterocycles. The predicted molar refractivity (Wildman–Crippen MR) is 83.8 cm³/mol. The maximum Gasteiger partial charge on any atom is 0.155 e. The molecular formula is C14H10BrNOS2. The molecule has 0 saturated carbocycles. The van der Waals surface area contributed by atoms with E-state index < -0.39 is 0 Å². The summed E-state index contributed by atoms with van der Waals surface area (Å²) in [6, 6.07) is 14.0. The van der Waals surface area contributed by atoms with E-state index in [0.717, 1.165) is 24.8 Å². The molecule has 5 heteroatoms. The van der Waals surface area contributed by atoms with Crippen LogP contribution in [0.2, 0.25) is 0 Å². The van der Waals surface area contributed by atoms with Crippen LogP contribution in [0.15, 0.2) is 56.2 Å². The SMILES string of the molecule is OCc1ccc(Sc2nc3ccccc3s2)c(Br)c1. The molecular weight excluding hydrogens is 342 g/mol. The molecule has 0 spiro atoms. The van der Waals surface area contributed by atoms with Crippen molar-refractivity contribution in [1.82, 2.24) is 4.98 Å². The number of aliphatic hydroxyl groups is 1. The molecule has 2 aromatic carbocycles. The number of thiazole rings is 1. The molecule has 0 aliphatic heterocycles.